The molecule has 0 amide bonds. The Labute approximate surface area is 54.6 Å². The summed E-state index contributed by atoms with van der Waals surface area (Å²) in [7, 11) is 0. The summed E-state index contributed by atoms with van der Waals surface area (Å²) < 4.78 is 49.0. The molecule has 0 aliphatic heterocycles. The number of alkyl halides is 4. The van der Waals surface area contributed by atoms with E-state index in [9.17, 15) is 17.6 Å². The lowest BCUT2D eigenvalue weighted by molar-refractivity contribution is -0.274. The first-order valence-electron chi connectivity index (χ1n) is 2.19. The molecule has 0 spiro atoms. The Bertz CT molecular complexity index is 148. The lowest BCUT2D eigenvalue weighted by Gasteiger charge is -2.11. The molecule has 0 aromatic heterocycles. The summed E-state index contributed by atoms with van der Waals surface area (Å²) in [6, 6.07) is 0. The Morgan fingerprint density at radius 1 is 1.50 bits per heavy atom. The Kier molecular flexibility index (Phi) is 2.96. The predicted octanol–water partition coefficient (Wildman–Crippen LogP) is 2.16. The van der Waals surface area contributed by atoms with Crippen molar-refractivity contribution in [3.05, 3.63) is 18.6 Å². The van der Waals surface area contributed by atoms with Crippen LogP contribution in [0.15, 0.2) is 18.6 Å². The zero-order valence-electron chi connectivity index (χ0n) is 4.78. The number of hydrogen-bond acceptors (Lipinski definition) is 1. The van der Waals surface area contributed by atoms with Crippen molar-refractivity contribution in [1.82, 2.24) is 0 Å². The summed E-state index contributed by atoms with van der Waals surface area (Å²) in [5, 5.41) is 0. The van der Waals surface area contributed by atoms with Crippen molar-refractivity contribution in [2.45, 2.75) is 12.5 Å². The average molecular weight is 156 g/mol. The van der Waals surface area contributed by atoms with Crippen molar-refractivity contribution in [2.75, 3.05) is 0 Å². The van der Waals surface area contributed by atoms with Gasteiger partial charge < -0.3 is 4.74 Å². The molecule has 1 nitrogen and oxygen atoms in total. The maximum atomic E-state index is 11.7. The van der Waals surface area contributed by atoms with E-state index in [1.54, 1.807) is 5.73 Å². The highest BCUT2D eigenvalue weighted by Crippen LogP contribution is 2.23. The molecule has 0 bridgehead atoms. The third kappa shape index (κ3) is 2.55. The zero-order valence-corrected chi connectivity index (χ0v) is 4.78. The van der Waals surface area contributed by atoms with Crippen LogP contribution in [0.25, 0.3) is 0 Å². The van der Waals surface area contributed by atoms with Crippen LogP contribution in [0.4, 0.5) is 17.6 Å². The van der Waals surface area contributed by atoms with Crippen molar-refractivity contribution >= 4 is 0 Å². The second-order valence-corrected chi connectivity index (χ2v) is 1.30. The van der Waals surface area contributed by atoms with Crippen LogP contribution in [0.1, 0.15) is 0 Å². The van der Waals surface area contributed by atoms with Gasteiger partial charge in [-0.25, -0.2) is 0 Å². The maximum absolute atomic E-state index is 11.7. The molecular formula is C5H4F4O. The molecule has 0 saturated carbocycles. The minimum Gasteiger partial charge on any atom is -0.428 e. The molecule has 0 fully saturated rings. The van der Waals surface area contributed by atoms with Crippen molar-refractivity contribution in [3.63, 3.8) is 0 Å². The van der Waals surface area contributed by atoms with E-state index in [-0.39, 0.29) is 6.26 Å². The van der Waals surface area contributed by atoms with Gasteiger partial charge in [0.05, 0.1) is 0 Å². The van der Waals surface area contributed by atoms with Gasteiger partial charge in [0.15, 0.2) is 0 Å². The van der Waals surface area contributed by atoms with Crippen LogP contribution < -0.4 is 0 Å². The second-order valence-electron chi connectivity index (χ2n) is 1.30. The number of hydrogen-bond donors (Lipinski definition) is 0. The topological polar surface area (TPSA) is 9.23 Å². The smallest absolute Gasteiger partial charge is 0.428 e. The van der Waals surface area contributed by atoms with Crippen LogP contribution in [0.2, 0.25) is 0 Å². The summed E-state index contributed by atoms with van der Waals surface area (Å²) in [6.45, 7) is 2.84. The highest BCUT2D eigenvalue weighted by atomic mass is 19.3. The largest absolute Gasteiger partial charge is 0.461 e. The fourth-order valence-electron chi connectivity index (χ4n) is 0.172. The molecule has 0 aromatic rings. The normalized spacial score (nSPS) is 10.9. The van der Waals surface area contributed by atoms with Crippen molar-refractivity contribution in [3.8, 4) is 0 Å². The van der Waals surface area contributed by atoms with Gasteiger partial charge in [-0.05, 0) is 0 Å². The maximum Gasteiger partial charge on any atom is 0.461 e. The van der Waals surface area contributed by atoms with Crippen LogP contribution in [-0.2, 0) is 4.74 Å². The van der Waals surface area contributed by atoms with Crippen molar-refractivity contribution < 1.29 is 22.3 Å². The molecule has 0 saturated heterocycles. The third-order valence-corrected chi connectivity index (χ3v) is 0.553. The Morgan fingerprint density at radius 2 is 2.00 bits per heavy atom. The highest BCUT2D eigenvalue weighted by Gasteiger charge is 2.42. The van der Waals surface area contributed by atoms with E-state index in [0.29, 0.717) is 0 Å². The van der Waals surface area contributed by atoms with Crippen LogP contribution >= 0.6 is 0 Å². The molecule has 0 aliphatic rings. The lowest BCUT2D eigenvalue weighted by atomic mass is 10.6. The third-order valence-electron chi connectivity index (χ3n) is 0.553. The summed E-state index contributed by atoms with van der Waals surface area (Å²) in [4.78, 5) is 0. The predicted molar refractivity (Wildman–Crippen MR) is 25.7 cm³/mol. The average Bonchev–Trinajstić information content (AvgIpc) is 1.84. The standard InChI is InChI=1S/C5H4F4O/c1-2-3-10-5(8,9)4(6)7/h3-4H,1H2. The van der Waals surface area contributed by atoms with Crippen molar-refractivity contribution in [2.24, 2.45) is 0 Å². The summed E-state index contributed by atoms with van der Waals surface area (Å²) >= 11 is 0. The molecule has 0 atom stereocenters. The van der Waals surface area contributed by atoms with Gasteiger partial charge in [-0.3, -0.25) is 0 Å². The zero-order chi connectivity index (χ0) is 8.20. The first-order chi connectivity index (χ1) is 4.50. The number of ether oxygens (including phenoxy) is 1. The van der Waals surface area contributed by atoms with Gasteiger partial charge in [-0.2, -0.15) is 17.6 Å². The molecule has 0 aliphatic carbocycles. The van der Waals surface area contributed by atoms with Gasteiger partial charge >= 0.3 is 12.5 Å². The van der Waals surface area contributed by atoms with E-state index in [1.807, 2.05) is 0 Å². The van der Waals surface area contributed by atoms with Crippen LogP contribution in [0, 0.1) is 0 Å². The first kappa shape index (κ1) is 9.04. The molecule has 58 valence electrons. The Hall–Kier alpha value is -0.960. The molecule has 0 N–H and O–H groups in total. The molecule has 0 aromatic carbocycles. The summed E-state index contributed by atoms with van der Waals surface area (Å²) in [5.74, 6) is 0. The molecule has 0 radical (unpaired) electrons. The van der Waals surface area contributed by atoms with E-state index >= 15 is 0 Å². The fraction of sp³-hybridized carbons (Fsp3) is 0.400. The SMILES string of the molecule is C=C=COC(F)(F)C(F)F. The summed E-state index contributed by atoms with van der Waals surface area (Å²) in [6.07, 6.45) is -7.99. The van der Waals surface area contributed by atoms with Crippen LogP contribution in [0.5, 0.6) is 0 Å². The minimum absolute atomic E-state index is 0.284. The monoisotopic (exact) mass is 156 g/mol. The Balaban J connectivity index is 3.98. The fourth-order valence-corrected chi connectivity index (χ4v) is 0.172. The van der Waals surface area contributed by atoms with Gasteiger partial charge in [-0.15, -0.1) is 0 Å². The molecule has 0 rings (SSSR count). The van der Waals surface area contributed by atoms with Gasteiger partial charge in [0.25, 0.3) is 0 Å². The second kappa shape index (κ2) is 3.27. The van der Waals surface area contributed by atoms with E-state index in [2.05, 4.69) is 11.3 Å². The molecule has 0 unspecified atom stereocenters. The van der Waals surface area contributed by atoms with Gasteiger partial charge in [0.1, 0.15) is 6.26 Å². The van der Waals surface area contributed by atoms with E-state index in [4.69, 9.17) is 0 Å². The lowest BCUT2D eigenvalue weighted by Crippen LogP contribution is -2.27. The molecular weight excluding hydrogens is 152 g/mol. The molecule has 0 heterocycles. The number of rotatable bonds is 3. The Morgan fingerprint density at radius 3 is 2.30 bits per heavy atom. The minimum atomic E-state index is -4.44. The summed E-state index contributed by atoms with van der Waals surface area (Å²) in [5.41, 5.74) is 1.77. The van der Waals surface area contributed by atoms with Gasteiger partial charge in [0, 0.05) is 0 Å². The van der Waals surface area contributed by atoms with E-state index < -0.39 is 12.5 Å². The molecule has 5 heteroatoms. The quantitative estimate of drug-likeness (QED) is 0.345. The van der Waals surface area contributed by atoms with Gasteiger partial charge in [0.2, 0.25) is 0 Å². The van der Waals surface area contributed by atoms with Crippen molar-refractivity contribution in [1.29, 1.82) is 0 Å². The van der Waals surface area contributed by atoms with E-state index in [0.717, 1.165) is 0 Å². The first-order valence-corrected chi connectivity index (χ1v) is 2.19. The van der Waals surface area contributed by atoms with Crippen LogP contribution in [0.3, 0.4) is 0 Å². The van der Waals surface area contributed by atoms with Crippen LogP contribution in [-0.4, -0.2) is 12.5 Å². The van der Waals surface area contributed by atoms with Gasteiger partial charge in [-0.1, -0.05) is 12.3 Å². The molecule has 10 heavy (non-hydrogen) atoms. The highest BCUT2D eigenvalue weighted by molar-refractivity contribution is 4.68. The van der Waals surface area contributed by atoms with E-state index in [1.165, 1.54) is 0 Å². The number of halogens is 4.